The van der Waals surface area contributed by atoms with Crippen LogP contribution in [0.2, 0.25) is 0 Å². The monoisotopic (exact) mass is 354 g/mol. The van der Waals surface area contributed by atoms with Crippen molar-refractivity contribution in [2.75, 3.05) is 44.3 Å². The summed E-state index contributed by atoms with van der Waals surface area (Å²) >= 11 is 0. The number of aryl methyl sites for hydroxylation is 2. The number of amides is 1. The lowest BCUT2D eigenvalue weighted by Gasteiger charge is -2.37. The molecule has 2 aliphatic heterocycles. The number of hydrogen-bond donors (Lipinski definition) is 2. The van der Waals surface area contributed by atoms with Gasteiger partial charge in [-0.05, 0) is 60.6 Å². The molecule has 1 aromatic rings. The van der Waals surface area contributed by atoms with E-state index in [0.717, 1.165) is 44.3 Å². The van der Waals surface area contributed by atoms with E-state index in [9.17, 15) is 10.1 Å². The van der Waals surface area contributed by atoms with Gasteiger partial charge in [0.15, 0.2) is 0 Å². The van der Waals surface area contributed by atoms with Gasteiger partial charge in [0.2, 0.25) is 0 Å². The molecule has 0 saturated heterocycles. The van der Waals surface area contributed by atoms with Gasteiger partial charge in [0.05, 0.1) is 13.2 Å². The van der Waals surface area contributed by atoms with Crippen LogP contribution in [0.5, 0.6) is 0 Å². The van der Waals surface area contributed by atoms with Crippen LogP contribution in [0, 0.1) is 11.3 Å². The first-order chi connectivity index (χ1) is 12.7. The summed E-state index contributed by atoms with van der Waals surface area (Å²) in [4.78, 5) is 14.7. The lowest BCUT2D eigenvalue weighted by atomic mass is 9.89. The number of nitriles is 1. The normalized spacial score (nSPS) is 16.0. The van der Waals surface area contributed by atoms with Crippen molar-refractivity contribution in [3.63, 3.8) is 0 Å². The zero-order chi connectivity index (χ0) is 18.4. The minimum atomic E-state index is -0.364. The summed E-state index contributed by atoms with van der Waals surface area (Å²) in [5.74, 6) is -0.364. The molecule has 0 radical (unpaired) electrons. The SMILES string of the molecule is N#CC(=Cc1cc2c3c(c1)CCCN3CCC2)C(=O)NCCOCCN. The maximum atomic E-state index is 12.2. The third-order valence-electron chi connectivity index (χ3n) is 4.82. The molecular formula is C20H26N4O2. The summed E-state index contributed by atoms with van der Waals surface area (Å²) < 4.78 is 5.23. The number of nitrogens with zero attached hydrogens (tertiary/aromatic N) is 2. The van der Waals surface area contributed by atoms with Crippen molar-refractivity contribution < 1.29 is 9.53 Å². The van der Waals surface area contributed by atoms with Gasteiger partial charge in [0.25, 0.3) is 5.91 Å². The second kappa shape index (κ2) is 8.84. The third-order valence-corrected chi connectivity index (χ3v) is 4.82. The predicted molar refractivity (Wildman–Crippen MR) is 102 cm³/mol. The van der Waals surface area contributed by atoms with Crippen LogP contribution in [0.25, 0.3) is 6.08 Å². The molecule has 0 aliphatic carbocycles. The molecule has 2 heterocycles. The van der Waals surface area contributed by atoms with Crippen LogP contribution in [0.3, 0.4) is 0 Å². The molecule has 0 aromatic heterocycles. The highest BCUT2D eigenvalue weighted by molar-refractivity contribution is 6.01. The van der Waals surface area contributed by atoms with Gasteiger partial charge in [0, 0.05) is 31.9 Å². The summed E-state index contributed by atoms with van der Waals surface area (Å²) in [5.41, 5.74) is 10.5. The fraction of sp³-hybridized carbons (Fsp3) is 0.500. The van der Waals surface area contributed by atoms with Gasteiger partial charge in [0.1, 0.15) is 11.6 Å². The highest BCUT2D eigenvalue weighted by atomic mass is 16.5. The van der Waals surface area contributed by atoms with Crippen molar-refractivity contribution in [1.82, 2.24) is 5.32 Å². The molecular weight excluding hydrogens is 328 g/mol. The van der Waals surface area contributed by atoms with Gasteiger partial charge in [-0.15, -0.1) is 0 Å². The molecule has 26 heavy (non-hydrogen) atoms. The number of rotatable bonds is 7. The lowest BCUT2D eigenvalue weighted by molar-refractivity contribution is -0.117. The standard InChI is InChI=1S/C20H26N4O2/c21-5-9-26-10-6-23-20(25)18(14-22)13-15-11-16-3-1-7-24-8-2-4-17(12-15)19(16)24/h11-13H,1-10,21H2,(H,23,25). The number of carbonyl (C=O) groups is 1. The van der Waals surface area contributed by atoms with E-state index in [-0.39, 0.29) is 11.5 Å². The fourth-order valence-electron chi connectivity index (χ4n) is 3.75. The first-order valence-corrected chi connectivity index (χ1v) is 9.31. The first-order valence-electron chi connectivity index (χ1n) is 9.31. The van der Waals surface area contributed by atoms with E-state index in [0.29, 0.717) is 26.3 Å². The van der Waals surface area contributed by atoms with Crippen LogP contribution < -0.4 is 16.0 Å². The largest absolute Gasteiger partial charge is 0.378 e. The van der Waals surface area contributed by atoms with Crippen LogP contribution in [-0.2, 0) is 22.4 Å². The quantitative estimate of drug-likeness (QED) is 0.439. The Hall–Kier alpha value is -2.36. The molecule has 0 spiro atoms. The molecule has 0 unspecified atom stereocenters. The molecule has 6 heteroatoms. The smallest absolute Gasteiger partial charge is 0.262 e. The van der Waals surface area contributed by atoms with Crippen molar-refractivity contribution >= 4 is 17.7 Å². The van der Waals surface area contributed by atoms with Crippen molar-refractivity contribution in [1.29, 1.82) is 5.26 Å². The molecule has 2 aliphatic rings. The zero-order valence-electron chi connectivity index (χ0n) is 15.1. The minimum absolute atomic E-state index is 0.124. The number of hydrogen-bond acceptors (Lipinski definition) is 5. The van der Waals surface area contributed by atoms with Gasteiger partial charge >= 0.3 is 0 Å². The second-order valence-electron chi connectivity index (χ2n) is 6.71. The van der Waals surface area contributed by atoms with Gasteiger partial charge in [-0.3, -0.25) is 4.79 Å². The Morgan fingerprint density at radius 2 is 1.96 bits per heavy atom. The molecule has 0 fully saturated rings. The summed E-state index contributed by atoms with van der Waals surface area (Å²) in [6, 6.07) is 6.28. The van der Waals surface area contributed by atoms with Gasteiger partial charge in [-0.2, -0.15) is 5.26 Å². The lowest BCUT2D eigenvalue weighted by Crippen LogP contribution is -2.34. The van der Waals surface area contributed by atoms with Crippen molar-refractivity contribution in [2.45, 2.75) is 25.7 Å². The number of nitrogens with two attached hydrogens (primary N) is 1. The van der Waals surface area contributed by atoms with Gasteiger partial charge in [-0.25, -0.2) is 0 Å². The highest BCUT2D eigenvalue weighted by Gasteiger charge is 2.24. The molecule has 138 valence electrons. The molecule has 3 rings (SSSR count). The Morgan fingerprint density at radius 1 is 1.27 bits per heavy atom. The highest BCUT2D eigenvalue weighted by Crippen LogP contribution is 2.36. The van der Waals surface area contributed by atoms with Gasteiger partial charge in [-0.1, -0.05) is 0 Å². The molecule has 6 nitrogen and oxygen atoms in total. The first kappa shape index (κ1) is 18.4. The molecule has 1 amide bonds. The Balaban J connectivity index is 1.73. The molecule has 0 atom stereocenters. The fourth-order valence-corrected chi connectivity index (χ4v) is 3.75. The van der Waals surface area contributed by atoms with Crippen LogP contribution in [0.1, 0.15) is 29.5 Å². The number of anilines is 1. The van der Waals surface area contributed by atoms with Crippen LogP contribution in [-0.4, -0.2) is 45.3 Å². The average molecular weight is 354 g/mol. The van der Waals surface area contributed by atoms with Crippen LogP contribution in [0.4, 0.5) is 5.69 Å². The molecule has 0 bridgehead atoms. The number of nitrogens with one attached hydrogen (secondary N) is 1. The van der Waals surface area contributed by atoms with E-state index < -0.39 is 0 Å². The van der Waals surface area contributed by atoms with Crippen molar-refractivity contribution in [2.24, 2.45) is 5.73 Å². The summed E-state index contributed by atoms with van der Waals surface area (Å²) in [5, 5.41) is 12.1. The van der Waals surface area contributed by atoms with E-state index in [1.807, 2.05) is 6.07 Å². The number of ether oxygens (including phenoxy) is 1. The zero-order valence-corrected chi connectivity index (χ0v) is 15.1. The Morgan fingerprint density at radius 3 is 2.58 bits per heavy atom. The maximum Gasteiger partial charge on any atom is 0.262 e. The molecule has 1 aromatic carbocycles. The van der Waals surface area contributed by atoms with E-state index >= 15 is 0 Å². The minimum Gasteiger partial charge on any atom is -0.378 e. The summed E-state index contributed by atoms with van der Waals surface area (Å²) in [6.07, 6.45) is 6.14. The van der Waals surface area contributed by atoms with Crippen molar-refractivity contribution in [3.8, 4) is 6.07 Å². The third kappa shape index (κ3) is 4.24. The van der Waals surface area contributed by atoms with Gasteiger partial charge < -0.3 is 20.7 Å². The van der Waals surface area contributed by atoms with E-state index in [1.165, 1.54) is 16.8 Å². The summed E-state index contributed by atoms with van der Waals surface area (Å²) in [6.45, 7) is 3.93. The average Bonchev–Trinajstić information content (AvgIpc) is 2.66. The Kier molecular flexibility index (Phi) is 6.26. The predicted octanol–water partition coefficient (Wildman–Crippen LogP) is 1.38. The second-order valence-corrected chi connectivity index (χ2v) is 6.71. The van der Waals surface area contributed by atoms with Crippen molar-refractivity contribution in [3.05, 3.63) is 34.4 Å². The van der Waals surface area contributed by atoms with E-state index in [2.05, 4.69) is 22.3 Å². The van der Waals surface area contributed by atoms with Crippen LogP contribution in [0.15, 0.2) is 17.7 Å². The Labute approximate surface area is 154 Å². The summed E-state index contributed by atoms with van der Waals surface area (Å²) in [7, 11) is 0. The molecule has 0 saturated carbocycles. The van der Waals surface area contributed by atoms with E-state index in [4.69, 9.17) is 10.5 Å². The topological polar surface area (TPSA) is 91.4 Å². The number of carbonyl (C=O) groups excluding carboxylic acids is 1. The maximum absolute atomic E-state index is 12.2. The number of benzene rings is 1. The molecule has 3 N–H and O–H groups in total. The van der Waals surface area contributed by atoms with E-state index in [1.54, 1.807) is 6.08 Å². The Bertz CT molecular complexity index is 705. The van der Waals surface area contributed by atoms with Crippen LogP contribution >= 0.6 is 0 Å².